The van der Waals surface area contributed by atoms with Crippen molar-refractivity contribution in [1.29, 1.82) is 0 Å². The molecule has 1 heterocycles. The molecule has 4 nitrogen and oxygen atoms in total. The number of methoxy groups -OCH3 is 1. The molecule has 0 saturated carbocycles. The highest BCUT2D eigenvalue weighted by Gasteiger charge is 2.23. The third-order valence-corrected chi connectivity index (χ3v) is 3.93. The second-order valence-corrected chi connectivity index (χ2v) is 5.29. The van der Waals surface area contributed by atoms with Gasteiger partial charge in [-0.3, -0.25) is 4.90 Å². The maximum absolute atomic E-state index is 9.84. The predicted molar refractivity (Wildman–Crippen MR) is 81.7 cm³/mol. The number of hydrogen-bond acceptors (Lipinski definition) is 4. The molecule has 1 saturated heterocycles. The quantitative estimate of drug-likeness (QED) is 0.820. The average molecular weight is 297 g/mol. The predicted octanol–water partition coefficient (Wildman–Crippen LogP) is 2.58. The lowest BCUT2D eigenvalue weighted by atomic mass is 10.0. The van der Waals surface area contributed by atoms with Gasteiger partial charge in [0.25, 0.3) is 0 Å². The molecule has 0 amide bonds. The Hall–Kier alpha value is -1.23. The first kappa shape index (κ1) is 15.2. The molecule has 1 aliphatic heterocycles. The maximum atomic E-state index is 9.84. The molecule has 110 valence electrons. The van der Waals surface area contributed by atoms with Gasteiger partial charge < -0.3 is 15.2 Å². The van der Waals surface area contributed by atoms with Crippen LogP contribution in [-0.4, -0.2) is 43.3 Å². The second kappa shape index (κ2) is 6.97. The fourth-order valence-electron chi connectivity index (χ4n) is 2.59. The standard InChI is InChI=1S/C15H21ClN2O2/c1-3-4-13(18-7-5-17-6-8-18)11-9-12(16)15(19)14(10-11)20-2/h3,9-10,13,17,19H,1,4-8H2,2H3/t13-/m1/s1. The Labute approximate surface area is 125 Å². The monoisotopic (exact) mass is 296 g/mol. The Kier molecular flexibility index (Phi) is 5.29. The van der Waals surface area contributed by atoms with Gasteiger partial charge in [-0.15, -0.1) is 6.58 Å². The van der Waals surface area contributed by atoms with Crippen molar-refractivity contribution in [2.45, 2.75) is 12.5 Å². The summed E-state index contributed by atoms with van der Waals surface area (Å²) in [5.41, 5.74) is 1.05. The minimum absolute atomic E-state index is 0.00409. The lowest BCUT2D eigenvalue weighted by Gasteiger charge is -2.35. The van der Waals surface area contributed by atoms with Crippen LogP contribution in [0.4, 0.5) is 0 Å². The number of nitrogens with one attached hydrogen (secondary N) is 1. The molecule has 1 aromatic carbocycles. The molecule has 1 fully saturated rings. The zero-order chi connectivity index (χ0) is 14.5. The summed E-state index contributed by atoms with van der Waals surface area (Å²) in [4.78, 5) is 2.40. The van der Waals surface area contributed by atoms with E-state index in [4.69, 9.17) is 16.3 Å². The first-order valence-electron chi connectivity index (χ1n) is 6.79. The van der Waals surface area contributed by atoms with Gasteiger partial charge in [-0.05, 0) is 24.1 Å². The van der Waals surface area contributed by atoms with Gasteiger partial charge in [0.1, 0.15) is 0 Å². The van der Waals surface area contributed by atoms with Crippen LogP contribution in [-0.2, 0) is 0 Å². The van der Waals surface area contributed by atoms with E-state index in [9.17, 15) is 5.11 Å². The molecule has 0 spiro atoms. The van der Waals surface area contributed by atoms with E-state index in [0.29, 0.717) is 10.8 Å². The van der Waals surface area contributed by atoms with Crippen LogP contribution in [0.2, 0.25) is 5.02 Å². The van der Waals surface area contributed by atoms with E-state index in [1.165, 1.54) is 7.11 Å². The number of halogens is 1. The maximum Gasteiger partial charge on any atom is 0.176 e. The molecule has 0 aromatic heterocycles. The summed E-state index contributed by atoms with van der Waals surface area (Å²) >= 11 is 6.09. The summed E-state index contributed by atoms with van der Waals surface area (Å²) < 4.78 is 5.19. The van der Waals surface area contributed by atoms with E-state index in [-0.39, 0.29) is 11.8 Å². The van der Waals surface area contributed by atoms with Crippen LogP contribution in [0.5, 0.6) is 11.5 Å². The molecule has 0 bridgehead atoms. The van der Waals surface area contributed by atoms with Gasteiger partial charge in [-0.25, -0.2) is 0 Å². The fourth-order valence-corrected chi connectivity index (χ4v) is 2.81. The largest absolute Gasteiger partial charge is 0.503 e. The highest BCUT2D eigenvalue weighted by molar-refractivity contribution is 6.32. The van der Waals surface area contributed by atoms with E-state index in [2.05, 4.69) is 16.8 Å². The number of nitrogens with zero attached hydrogens (tertiary/aromatic N) is 1. The molecular formula is C15H21ClN2O2. The molecule has 20 heavy (non-hydrogen) atoms. The van der Waals surface area contributed by atoms with Crippen LogP contribution in [0.15, 0.2) is 24.8 Å². The van der Waals surface area contributed by atoms with Crippen molar-refractivity contribution < 1.29 is 9.84 Å². The first-order chi connectivity index (χ1) is 9.67. The van der Waals surface area contributed by atoms with Crippen molar-refractivity contribution >= 4 is 11.6 Å². The number of phenols is 1. The van der Waals surface area contributed by atoms with Gasteiger partial charge in [0.2, 0.25) is 0 Å². The molecule has 0 radical (unpaired) electrons. The summed E-state index contributed by atoms with van der Waals surface area (Å²) in [6.45, 7) is 7.78. The molecule has 1 aromatic rings. The van der Waals surface area contributed by atoms with E-state index >= 15 is 0 Å². The Morgan fingerprint density at radius 2 is 2.20 bits per heavy atom. The van der Waals surface area contributed by atoms with Crippen molar-refractivity contribution in [3.8, 4) is 11.5 Å². The van der Waals surface area contributed by atoms with Crippen molar-refractivity contribution in [3.63, 3.8) is 0 Å². The summed E-state index contributed by atoms with van der Waals surface area (Å²) in [7, 11) is 1.53. The second-order valence-electron chi connectivity index (χ2n) is 4.88. The number of piperazine rings is 1. The lowest BCUT2D eigenvalue weighted by molar-refractivity contribution is 0.174. The highest BCUT2D eigenvalue weighted by atomic mass is 35.5. The van der Waals surface area contributed by atoms with Crippen molar-refractivity contribution in [2.24, 2.45) is 0 Å². The van der Waals surface area contributed by atoms with Gasteiger partial charge in [-0.2, -0.15) is 0 Å². The third-order valence-electron chi connectivity index (χ3n) is 3.64. The van der Waals surface area contributed by atoms with Crippen LogP contribution in [0, 0.1) is 0 Å². The molecule has 0 unspecified atom stereocenters. The van der Waals surface area contributed by atoms with Gasteiger partial charge in [0, 0.05) is 32.2 Å². The van der Waals surface area contributed by atoms with Gasteiger partial charge in [-0.1, -0.05) is 17.7 Å². The molecule has 1 atom stereocenters. The Balaban J connectivity index is 2.32. The number of ether oxygens (including phenoxy) is 1. The SMILES string of the molecule is C=CC[C@H](c1cc(Cl)c(O)c(OC)c1)N1CCNCC1. The number of benzene rings is 1. The summed E-state index contributed by atoms with van der Waals surface area (Å²) in [5.74, 6) is 0.410. The molecular weight excluding hydrogens is 276 g/mol. The lowest BCUT2D eigenvalue weighted by Crippen LogP contribution is -2.45. The van der Waals surface area contributed by atoms with E-state index < -0.39 is 0 Å². The van der Waals surface area contributed by atoms with E-state index in [1.807, 2.05) is 18.2 Å². The zero-order valence-electron chi connectivity index (χ0n) is 11.7. The fraction of sp³-hybridized carbons (Fsp3) is 0.467. The molecule has 2 N–H and O–H groups in total. The number of phenolic OH excluding ortho intramolecular Hbond substituents is 1. The first-order valence-corrected chi connectivity index (χ1v) is 7.17. The highest BCUT2D eigenvalue weighted by Crippen LogP contribution is 2.38. The molecule has 5 heteroatoms. The smallest absolute Gasteiger partial charge is 0.176 e. The Bertz CT molecular complexity index is 473. The number of rotatable bonds is 5. The Morgan fingerprint density at radius 3 is 2.80 bits per heavy atom. The van der Waals surface area contributed by atoms with Crippen molar-refractivity contribution in [1.82, 2.24) is 10.2 Å². The summed E-state index contributed by atoms with van der Waals surface area (Å²) in [5, 5.41) is 13.5. The minimum Gasteiger partial charge on any atom is -0.503 e. The molecule has 0 aliphatic carbocycles. The zero-order valence-corrected chi connectivity index (χ0v) is 12.5. The van der Waals surface area contributed by atoms with Gasteiger partial charge in [0.05, 0.1) is 12.1 Å². The van der Waals surface area contributed by atoms with Crippen LogP contribution in [0.25, 0.3) is 0 Å². The van der Waals surface area contributed by atoms with Crippen LogP contribution < -0.4 is 10.1 Å². The van der Waals surface area contributed by atoms with Crippen molar-refractivity contribution in [3.05, 3.63) is 35.4 Å². The van der Waals surface area contributed by atoms with E-state index in [1.54, 1.807) is 0 Å². The number of hydrogen-bond donors (Lipinski definition) is 2. The van der Waals surface area contributed by atoms with Gasteiger partial charge in [0.15, 0.2) is 11.5 Å². The van der Waals surface area contributed by atoms with Gasteiger partial charge >= 0.3 is 0 Å². The Morgan fingerprint density at radius 1 is 1.50 bits per heavy atom. The van der Waals surface area contributed by atoms with Crippen LogP contribution in [0.1, 0.15) is 18.0 Å². The van der Waals surface area contributed by atoms with Crippen LogP contribution in [0.3, 0.4) is 0 Å². The average Bonchev–Trinajstić information content (AvgIpc) is 2.48. The van der Waals surface area contributed by atoms with Crippen LogP contribution >= 0.6 is 11.6 Å². The summed E-state index contributed by atoms with van der Waals surface area (Å²) in [6.07, 6.45) is 2.75. The summed E-state index contributed by atoms with van der Waals surface area (Å²) in [6, 6.07) is 3.88. The molecule has 2 rings (SSSR count). The normalized spacial score (nSPS) is 17.7. The minimum atomic E-state index is -0.00409. The third kappa shape index (κ3) is 3.26. The topological polar surface area (TPSA) is 44.7 Å². The van der Waals surface area contributed by atoms with E-state index in [0.717, 1.165) is 38.2 Å². The molecule has 1 aliphatic rings. The van der Waals surface area contributed by atoms with Crippen molar-refractivity contribution in [2.75, 3.05) is 33.3 Å². The number of aromatic hydroxyl groups is 1.